The van der Waals surface area contributed by atoms with E-state index in [9.17, 15) is 13.2 Å². The summed E-state index contributed by atoms with van der Waals surface area (Å²) >= 11 is 0. The average molecular weight is 340 g/mol. The third kappa shape index (κ3) is 2.78. The van der Waals surface area contributed by atoms with Crippen molar-refractivity contribution in [2.75, 3.05) is 6.54 Å². The highest BCUT2D eigenvalue weighted by Gasteiger charge is 2.48. The molecule has 128 valence electrons. The largest absolute Gasteiger partial charge is 0.349 e. The van der Waals surface area contributed by atoms with Crippen LogP contribution in [0.5, 0.6) is 0 Å². The monoisotopic (exact) mass is 340 g/mol. The predicted molar refractivity (Wildman–Crippen MR) is 85.3 cm³/mol. The van der Waals surface area contributed by atoms with Crippen molar-refractivity contribution in [3.8, 4) is 0 Å². The van der Waals surface area contributed by atoms with Crippen LogP contribution in [0, 0.1) is 6.92 Å². The second-order valence-corrected chi connectivity index (χ2v) is 8.70. The molecule has 8 heteroatoms. The lowest BCUT2D eigenvalue weighted by Gasteiger charge is -2.46. The number of aromatic nitrogens is 2. The highest BCUT2D eigenvalue weighted by Crippen LogP contribution is 2.36. The van der Waals surface area contributed by atoms with Gasteiger partial charge < -0.3 is 5.32 Å². The van der Waals surface area contributed by atoms with Crippen LogP contribution in [0.2, 0.25) is 0 Å². The Balaban J connectivity index is 2.01. The molecule has 2 saturated heterocycles. The lowest BCUT2D eigenvalue weighted by molar-refractivity contribution is -0.123. The molecule has 1 amide bonds. The number of fused-ring (bicyclic) bond motifs is 1. The third-order valence-corrected chi connectivity index (χ3v) is 7.03. The molecular formula is C15H24N4O3S. The quantitative estimate of drug-likeness (QED) is 0.868. The van der Waals surface area contributed by atoms with Crippen molar-refractivity contribution < 1.29 is 13.2 Å². The Kier molecular flexibility index (Phi) is 4.00. The Bertz CT molecular complexity index is 727. The molecular weight excluding hydrogens is 316 g/mol. The molecule has 7 nitrogen and oxygen atoms in total. The van der Waals surface area contributed by atoms with Crippen LogP contribution >= 0.6 is 0 Å². The summed E-state index contributed by atoms with van der Waals surface area (Å²) in [5.41, 5.74) is 0.0205. The minimum absolute atomic E-state index is 0.0202. The SMILES string of the molecule is Cc1nn(C)cc1S(=O)(=O)N1CCC[C@]2(C)NC(=O)CCC[C@H]12. The van der Waals surface area contributed by atoms with Crippen molar-refractivity contribution in [2.24, 2.45) is 7.05 Å². The van der Waals surface area contributed by atoms with Crippen LogP contribution in [0.4, 0.5) is 0 Å². The van der Waals surface area contributed by atoms with E-state index in [-0.39, 0.29) is 16.8 Å². The zero-order valence-corrected chi connectivity index (χ0v) is 14.7. The van der Waals surface area contributed by atoms with Gasteiger partial charge in [-0.15, -0.1) is 0 Å². The minimum Gasteiger partial charge on any atom is -0.349 e. The Hall–Kier alpha value is -1.41. The number of carbonyl (C=O) groups is 1. The first-order valence-electron chi connectivity index (χ1n) is 8.07. The van der Waals surface area contributed by atoms with Gasteiger partial charge in [0.15, 0.2) is 0 Å². The molecule has 0 radical (unpaired) electrons. The highest BCUT2D eigenvalue weighted by atomic mass is 32.2. The molecule has 0 spiro atoms. The number of amides is 1. The van der Waals surface area contributed by atoms with Crippen molar-refractivity contribution >= 4 is 15.9 Å². The maximum atomic E-state index is 13.2. The van der Waals surface area contributed by atoms with Crippen molar-refractivity contribution in [3.63, 3.8) is 0 Å². The molecule has 3 rings (SSSR count). The lowest BCUT2D eigenvalue weighted by Crippen LogP contribution is -2.63. The summed E-state index contributed by atoms with van der Waals surface area (Å²) in [7, 11) is -1.89. The Labute approximate surface area is 137 Å². The van der Waals surface area contributed by atoms with Gasteiger partial charge in [0.1, 0.15) is 4.90 Å². The molecule has 1 aromatic heterocycles. The molecule has 0 aliphatic carbocycles. The molecule has 23 heavy (non-hydrogen) atoms. The smallest absolute Gasteiger partial charge is 0.246 e. The molecule has 2 atom stereocenters. The van der Waals surface area contributed by atoms with E-state index in [1.54, 1.807) is 24.5 Å². The van der Waals surface area contributed by atoms with Crippen molar-refractivity contribution in [1.29, 1.82) is 0 Å². The molecule has 1 N–H and O–H groups in total. The van der Waals surface area contributed by atoms with E-state index in [1.165, 1.54) is 4.68 Å². The summed E-state index contributed by atoms with van der Waals surface area (Å²) in [4.78, 5) is 12.2. The van der Waals surface area contributed by atoms with Crippen LogP contribution in [0.15, 0.2) is 11.1 Å². The predicted octanol–water partition coefficient (Wildman–Crippen LogP) is 0.940. The van der Waals surface area contributed by atoms with Crippen LogP contribution in [-0.2, 0) is 21.9 Å². The van der Waals surface area contributed by atoms with Crippen molar-refractivity contribution in [2.45, 2.75) is 62.4 Å². The van der Waals surface area contributed by atoms with Crippen LogP contribution in [0.1, 0.15) is 44.7 Å². The third-order valence-electron chi connectivity index (χ3n) is 5.02. The lowest BCUT2D eigenvalue weighted by atomic mass is 9.82. The number of rotatable bonds is 2. The summed E-state index contributed by atoms with van der Waals surface area (Å²) in [6, 6.07) is -0.202. The number of sulfonamides is 1. The second-order valence-electron chi connectivity index (χ2n) is 6.85. The van der Waals surface area contributed by atoms with E-state index < -0.39 is 15.6 Å². The van der Waals surface area contributed by atoms with Gasteiger partial charge in [0.25, 0.3) is 0 Å². The average Bonchev–Trinajstić information content (AvgIpc) is 2.71. The van der Waals surface area contributed by atoms with Gasteiger partial charge in [-0.3, -0.25) is 9.48 Å². The van der Waals surface area contributed by atoms with Gasteiger partial charge in [-0.2, -0.15) is 9.40 Å². The molecule has 2 aliphatic heterocycles. The fourth-order valence-corrected chi connectivity index (χ4v) is 5.93. The van der Waals surface area contributed by atoms with Crippen LogP contribution in [0.25, 0.3) is 0 Å². The molecule has 2 fully saturated rings. The molecule has 0 saturated carbocycles. The normalized spacial score (nSPS) is 29.7. The standard InChI is InChI=1S/C15H24N4O3S/c1-11-12(10-18(3)17-11)23(21,22)19-9-5-8-15(2)13(19)6-4-7-14(20)16-15/h10,13H,4-9H2,1-3H3,(H,16,20)/t13-,15-/m0/s1. The molecule has 0 unspecified atom stereocenters. The Morgan fingerprint density at radius 2 is 2.13 bits per heavy atom. The van der Waals surface area contributed by atoms with Gasteiger partial charge in [-0.05, 0) is 39.5 Å². The van der Waals surface area contributed by atoms with Gasteiger partial charge >= 0.3 is 0 Å². The molecule has 3 heterocycles. The van der Waals surface area contributed by atoms with Crippen molar-refractivity contribution in [1.82, 2.24) is 19.4 Å². The van der Waals surface area contributed by atoms with E-state index >= 15 is 0 Å². The molecule has 2 aliphatic rings. The van der Waals surface area contributed by atoms with Gasteiger partial charge in [0, 0.05) is 32.3 Å². The van der Waals surface area contributed by atoms with Gasteiger partial charge in [0.05, 0.1) is 11.2 Å². The van der Waals surface area contributed by atoms with Gasteiger partial charge in [-0.25, -0.2) is 8.42 Å². The summed E-state index contributed by atoms with van der Waals surface area (Å²) in [6.45, 7) is 4.18. The summed E-state index contributed by atoms with van der Waals surface area (Å²) < 4.78 is 29.5. The number of nitrogens with zero attached hydrogens (tertiary/aromatic N) is 3. The van der Waals surface area contributed by atoms with E-state index in [4.69, 9.17) is 0 Å². The first-order valence-corrected chi connectivity index (χ1v) is 9.51. The number of carbonyl (C=O) groups excluding carboxylic acids is 1. The van der Waals surface area contributed by atoms with Crippen molar-refractivity contribution in [3.05, 3.63) is 11.9 Å². The molecule has 1 aromatic rings. The first-order chi connectivity index (χ1) is 10.7. The van der Waals surface area contributed by atoms with E-state index in [0.717, 1.165) is 12.8 Å². The number of aryl methyl sites for hydroxylation is 2. The van der Waals surface area contributed by atoms with E-state index in [1.807, 2.05) is 6.92 Å². The minimum atomic E-state index is -3.62. The fraction of sp³-hybridized carbons (Fsp3) is 0.733. The van der Waals surface area contributed by atoms with E-state index in [0.29, 0.717) is 31.5 Å². The van der Waals surface area contributed by atoms with Crippen LogP contribution < -0.4 is 5.32 Å². The number of hydrogen-bond acceptors (Lipinski definition) is 4. The number of nitrogens with one attached hydrogen (secondary N) is 1. The van der Waals surface area contributed by atoms with Gasteiger partial charge in [-0.1, -0.05) is 0 Å². The summed E-state index contributed by atoms with van der Waals surface area (Å²) in [6.07, 6.45) is 4.99. The maximum Gasteiger partial charge on any atom is 0.246 e. The fourth-order valence-electron chi connectivity index (χ4n) is 3.93. The summed E-state index contributed by atoms with van der Waals surface area (Å²) in [5.74, 6) is 0.0202. The maximum absolute atomic E-state index is 13.2. The zero-order valence-electron chi connectivity index (χ0n) is 13.9. The second kappa shape index (κ2) is 5.59. The first kappa shape index (κ1) is 16.4. The number of hydrogen-bond donors (Lipinski definition) is 1. The van der Waals surface area contributed by atoms with E-state index in [2.05, 4.69) is 10.4 Å². The van der Waals surface area contributed by atoms with Crippen LogP contribution in [0.3, 0.4) is 0 Å². The molecule has 0 aromatic carbocycles. The highest BCUT2D eigenvalue weighted by molar-refractivity contribution is 7.89. The van der Waals surface area contributed by atoms with Gasteiger partial charge in [0.2, 0.25) is 15.9 Å². The Morgan fingerprint density at radius 3 is 2.78 bits per heavy atom. The summed E-state index contributed by atoms with van der Waals surface area (Å²) in [5, 5.41) is 7.23. The molecule has 0 bridgehead atoms. The zero-order chi connectivity index (χ0) is 16.8. The number of piperidine rings is 1. The topological polar surface area (TPSA) is 84.3 Å². The Morgan fingerprint density at radius 1 is 1.39 bits per heavy atom. The van der Waals surface area contributed by atoms with Crippen LogP contribution in [-0.4, -0.2) is 46.5 Å².